The van der Waals surface area contributed by atoms with Crippen LogP contribution in [0.25, 0.3) is 0 Å². The molecule has 2 aromatic carbocycles. The van der Waals surface area contributed by atoms with Crippen molar-refractivity contribution in [3.63, 3.8) is 0 Å². The molecule has 3 rings (SSSR count). The van der Waals surface area contributed by atoms with E-state index in [9.17, 15) is 4.79 Å². The number of hydrogen-bond donors (Lipinski definition) is 0. The molecule has 0 radical (unpaired) electrons. The van der Waals surface area contributed by atoms with Crippen molar-refractivity contribution in [3.05, 3.63) is 76.5 Å². The number of benzene rings is 2. The SMILES string of the molecule is CCN(Cc1ccc(OCc2cccs2)c(OC)c1)C(=O)CSc1ccccc1. The first-order valence-electron chi connectivity index (χ1n) is 9.47. The van der Waals surface area contributed by atoms with Gasteiger partial charge in [0.25, 0.3) is 0 Å². The Hall–Kier alpha value is -2.44. The number of rotatable bonds is 10. The lowest BCUT2D eigenvalue weighted by atomic mass is 10.2. The van der Waals surface area contributed by atoms with Crippen LogP contribution in [0.1, 0.15) is 17.4 Å². The summed E-state index contributed by atoms with van der Waals surface area (Å²) in [5.74, 6) is 1.94. The minimum Gasteiger partial charge on any atom is -0.493 e. The highest BCUT2D eigenvalue weighted by Crippen LogP contribution is 2.30. The highest BCUT2D eigenvalue weighted by molar-refractivity contribution is 8.00. The van der Waals surface area contributed by atoms with Crippen molar-refractivity contribution in [2.45, 2.75) is 25.0 Å². The van der Waals surface area contributed by atoms with Gasteiger partial charge in [-0.2, -0.15) is 0 Å². The molecule has 0 spiro atoms. The van der Waals surface area contributed by atoms with Gasteiger partial charge in [0.15, 0.2) is 11.5 Å². The number of nitrogens with zero attached hydrogens (tertiary/aromatic N) is 1. The van der Waals surface area contributed by atoms with E-state index >= 15 is 0 Å². The molecule has 0 aliphatic heterocycles. The van der Waals surface area contributed by atoms with Crippen molar-refractivity contribution in [2.75, 3.05) is 19.4 Å². The van der Waals surface area contributed by atoms with Crippen molar-refractivity contribution in [1.82, 2.24) is 4.90 Å². The smallest absolute Gasteiger partial charge is 0.233 e. The number of hydrogen-bond acceptors (Lipinski definition) is 5. The molecule has 0 unspecified atom stereocenters. The van der Waals surface area contributed by atoms with Crippen LogP contribution in [0.4, 0.5) is 0 Å². The van der Waals surface area contributed by atoms with Crippen LogP contribution in [0.5, 0.6) is 11.5 Å². The summed E-state index contributed by atoms with van der Waals surface area (Å²) < 4.78 is 11.4. The molecular formula is C23H25NO3S2. The lowest BCUT2D eigenvalue weighted by Gasteiger charge is -2.21. The standard InChI is InChI=1S/C23H25NO3S2/c1-3-24(23(25)17-29-19-8-5-4-6-9-19)15-18-11-12-21(22(14-18)26-2)27-16-20-10-7-13-28-20/h4-14H,3,15-17H2,1-2H3. The number of amides is 1. The van der Waals surface area contributed by atoms with Crippen LogP contribution in [-0.4, -0.2) is 30.2 Å². The zero-order valence-electron chi connectivity index (χ0n) is 16.7. The maximum absolute atomic E-state index is 12.7. The second-order valence-corrected chi connectivity index (χ2v) is 8.44. The Morgan fingerprint density at radius 1 is 1.07 bits per heavy atom. The topological polar surface area (TPSA) is 38.8 Å². The van der Waals surface area contributed by atoms with E-state index in [4.69, 9.17) is 9.47 Å². The Morgan fingerprint density at radius 3 is 2.59 bits per heavy atom. The predicted molar refractivity (Wildman–Crippen MR) is 120 cm³/mol. The molecule has 0 fully saturated rings. The van der Waals surface area contributed by atoms with Crippen LogP contribution in [0.3, 0.4) is 0 Å². The second-order valence-electron chi connectivity index (χ2n) is 6.36. The van der Waals surface area contributed by atoms with Gasteiger partial charge in [-0.05, 0) is 48.2 Å². The van der Waals surface area contributed by atoms with Gasteiger partial charge in [-0.3, -0.25) is 4.79 Å². The Morgan fingerprint density at radius 2 is 1.90 bits per heavy atom. The highest BCUT2D eigenvalue weighted by Gasteiger charge is 2.14. The van der Waals surface area contributed by atoms with E-state index in [0.717, 1.165) is 15.3 Å². The zero-order chi connectivity index (χ0) is 20.5. The minimum absolute atomic E-state index is 0.123. The first-order chi connectivity index (χ1) is 14.2. The number of thiophene rings is 1. The van der Waals surface area contributed by atoms with Gasteiger partial charge in [0, 0.05) is 22.9 Å². The monoisotopic (exact) mass is 427 g/mol. The molecule has 0 bridgehead atoms. The fourth-order valence-electron chi connectivity index (χ4n) is 2.82. The van der Waals surface area contributed by atoms with Crippen LogP contribution in [0.2, 0.25) is 0 Å². The second kappa shape index (κ2) is 10.9. The predicted octanol–water partition coefficient (Wildman–Crippen LogP) is 5.48. The highest BCUT2D eigenvalue weighted by atomic mass is 32.2. The van der Waals surface area contributed by atoms with Crippen molar-refractivity contribution >= 4 is 29.0 Å². The number of ether oxygens (including phenoxy) is 2. The summed E-state index contributed by atoms with van der Waals surface area (Å²) in [6.07, 6.45) is 0. The van der Waals surface area contributed by atoms with E-state index in [1.54, 1.807) is 30.2 Å². The largest absolute Gasteiger partial charge is 0.493 e. The van der Waals surface area contributed by atoms with Crippen molar-refractivity contribution in [3.8, 4) is 11.5 Å². The van der Waals surface area contributed by atoms with E-state index < -0.39 is 0 Å². The van der Waals surface area contributed by atoms with E-state index in [0.29, 0.717) is 36.9 Å². The number of thioether (sulfide) groups is 1. The summed E-state index contributed by atoms with van der Waals surface area (Å²) in [6, 6.07) is 19.9. The molecule has 0 atom stereocenters. The van der Waals surface area contributed by atoms with E-state index in [1.807, 2.05) is 77.9 Å². The molecule has 0 aliphatic rings. The molecular weight excluding hydrogens is 402 g/mol. The summed E-state index contributed by atoms with van der Waals surface area (Å²) in [4.78, 5) is 16.8. The summed E-state index contributed by atoms with van der Waals surface area (Å²) in [5, 5.41) is 2.03. The summed E-state index contributed by atoms with van der Waals surface area (Å²) in [6.45, 7) is 3.73. The zero-order valence-corrected chi connectivity index (χ0v) is 18.3. The van der Waals surface area contributed by atoms with Crippen LogP contribution >= 0.6 is 23.1 Å². The molecule has 0 saturated carbocycles. The van der Waals surface area contributed by atoms with E-state index in [-0.39, 0.29) is 5.91 Å². The van der Waals surface area contributed by atoms with Crippen molar-refractivity contribution in [2.24, 2.45) is 0 Å². The molecule has 0 saturated heterocycles. The fourth-order valence-corrected chi connectivity index (χ4v) is 4.26. The molecule has 4 nitrogen and oxygen atoms in total. The van der Waals surface area contributed by atoms with Gasteiger partial charge in [0.05, 0.1) is 12.9 Å². The van der Waals surface area contributed by atoms with Gasteiger partial charge in [-0.1, -0.05) is 30.3 Å². The first-order valence-corrected chi connectivity index (χ1v) is 11.3. The quantitative estimate of drug-likeness (QED) is 0.402. The van der Waals surface area contributed by atoms with E-state index in [1.165, 1.54) is 0 Å². The molecule has 3 aromatic rings. The minimum atomic E-state index is 0.123. The molecule has 152 valence electrons. The maximum Gasteiger partial charge on any atom is 0.233 e. The molecule has 1 heterocycles. The van der Waals surface area contributed by atoms with Gasteiger partial charge in [0.2, 0.25) is 5.91 Å². The molecule has 1 amide bonds. The Bertz CT molecular complexity index is 898. The van der Waals surface area contributed by atoms with Gasteiger partial charge in [0.1, 0.15) is 6.61 Å². The van der Waals surface area contributed by atoms with Crippen LogP contribution in [-0.2, 0) is 17.9 Å². The maximum atomic E-state index is 12.7. The first kappa shape index (κ1) is 21.3. The lowest BCUT2D eigenvalue weighted by molar-refractivity contribution is -0.128. The number of carbonyl (C=O) groups excluding carboxylic acids is 1. The van der Waals surface area contributed by atoms with Crippen LogP contribution in [0.15, 0.2) is 70.9 Å². The molecule has 6 heteroatoms. The van der Waals surface area contributed by atoms with Gasteiger partial charge in [-0.25, -0.2) is 0 Å². The number of carbonyl (C=O) groups is 1. The fraction of sp³-hybridized carbons (Fsp3) is 0.261. The molecule has 29 heavy (non-hydrogen) atoms. The van der Waals surface area contributed by atoms with Crippen molar-refractivity contribution < 1.29 is 14.3 Å². The van der Waals surface area contributed by atoms with Crippen LogP contribution in [0, 0.1) is 0 Å². The summed E-state index contributed by atoms with van der Waals surface area (Å²) in [5.41, 5.74) is 1.02. The Kier molecular flexibility index (Phi) is 8.02. The van der Waals surface area contributed by atoms with Gasteiger partial charge >= 0.3 is 0 Å². The Labute approximate surface area is 180 Å². The van der Waals surface area contributed by atoms with Gasteiger partial charge < -0.3 is 14.4 Å². The third kappa shape index (κ3) is 6.27. The Balaban J connectivity index is 1.60. The normalized spacial score (nSPS) is 10.6. The molecule has 1 aromatic heterocycles. The molecule has 0 aliphatic carbocycles. The number of methoxy groups -OCH3 is 1. The third-order valence-electron chi connectivity index (χ3n) is 4.39. The third-order valence-corrected chi connectivity index (χ3v) is 6.24. The van der Waals surface area contributed by atoms with E-state index in [2.05, 4.69) is 0 Å². The summed E-state index contributed by atoms with van der Waals surface area (Å²) >= 11 is 3.23. The van der Waals surface area contributed by atoms with Crippen molar-refractivity contribution in [1.29, 1.82) is 0 Å². The molecule has 0 N–H and O–H groups in total. The average Bonchev–Trinajstić information content (AvgIpc) is 3.29. The summed E-state index contributed by atoms with van der Waals surface area (Å²) in [7, 11) is 1.64. The van der Waals surface area contributed by atoms with Crippen LogP contribution < -0.4 is 9.47 Å². The van der Waals surface area contributed by atoms with Gasteiger partial charge in [-0.15, -0.1) is 23.1 Å². The average molecular weight is 428 g/mol. The lowest BCUT2D eigenvalue weighted by Crippen LogP contribution is -2.31.